The van der Waals surface area contributed by atoms with Gasteiger partial charge in [-0.2, -0.15) is 0 Å². The van der Waals surface area contributed by atoms with Gasteiger partial charge in [0.2, 0.25) is 0 Å². The first-order chi connectivity index (χ1) is 15.2. The Kier molecular flexibility index (Phi) is 7.14. The van der Waals surface area contributed by atoms with Crippen LogP contribution in [-0.4, -0.2) is 66.2 Å². The lowest BCUT2D eigenvalue weighted by atomic mass is 10.0. The maximum Gasteiger partial charge on any atom is 0.289 e. The molecule has 0 bridgehead atoms. The lowest BCUT2D eigenvalue weighted by Gasteiger charge is -2.35. The lowest BCUT2D eigenvalue weighted by molar-refractivity contribution is -0.0138. The number of carbonyl (C=O) groups excluding carboxylic acids is 1. The third kappa shape index (κ3) is 5.61. The number of piperazine rings is 1. The highest BCUT2D eigenvalue weighted by Gasteiger charge is 2.25. The van der Waals surface area contributed by atoms with Gasteiger partial charge in [0.25, 0.3) is 5.91 Å². The maximum atomic E-state index is 12.4. The number of hydrogen-bond acceptors (Lipinski definition) is 5. The van der Waals surface area contributed by atoms with E-state index >= 15 is 0 Å². The number of ether oxygens (including phenoxy) is 1. The minimum Gasteiger partial charge on any atom is -0.459 e. The first-order valence-electron chi connectivity index (χ1n) is 10.7. The molecule has 3 aromatic rings. The number of amides is 1. The van der Waals surface area contributed by atoms with Crippen molar-refractivity contribution in [1.82, 2.24) is 9.80 Å². The molecule has 31 heavy (non-hydrogen) atoms. The highest BCUT2D eigenvalue weighted by atomic mass is 16.5. The Morgan fingerprint density at radius 3 is 2.06 bits per heavy atom. The molecule has 162 valence electrons. The van der Waals surface area contributed by atoms with Crippen LogP contribution in [0.25, 0.3) is 0 Å². The first-order valence-corrected chi connectivity index (χ1v) is 10.7. The number of β-amino-alcohol motifs (C(OH)–C–C–N with tert-alkyl or cyclic N) is 1. The lowest BCUT2D eigenvalue weighted by Crippen LogP contribution is -2.50. The highest BCUT2D eigenvalue weighted by Crippen LogP contribution is 2.26. The summed E-state index contributed by atoms with van der Waals surface area (Å²) in [5, 5.41) is 10.6. The summed E-state index contributed by atoms with van der Waals surface area (Å²) in [5.74, 6) is 0.289. The van der Waals surface area contributed by atoms with Crippen molar-refractivity contribution in [1.29, 1.82) is 0 Å². The molecule has 0 unspecified atom stereocenters. The summed E-state index contributed by atoms with van der Waals surface area (Å²) in [6.07, 6.45) is 0.680. The average Bonchev–Trinajstić information content (AvgIpc) is 3.36. The van der Waals surface area contributed by atoms with E-state index < -0.39 is 6.10 Å². The van der Waals surface area contributed by atoms with Crippen LogP contribution in [-0.2, 0) is 4.74 Å². The van der Waals surface area contributed by atoms with E-state index in [9.17, 15) is 9.90 Å². The second kappa shape index (κ2) is 10.4. The molecule has 2 aromatic carbocycles. The Morgan fingerprint density at radius 2 is 1.52 bits per heavy atom. The van der Waals surface area contributed by atoms with E-state index in [-0.39, 0.29) is 18.6 Å². The van der Waals surface area contributed by atoms with Crippen molar-refractivity contribution in [3.05, 3.63) is 95.9 Å². The SMILES string of the molecule is O=C(c1ccco1)N1CCN(C[C@H](O)COC(c2ccccc2)c2ccccc2)CC1. The Balaban J connectivity index is 1.28. The molecule has 6 heteroatoms. The van der Waals surface area contributed by atoms with Gasteiger partial charge in [-0.05, 0) is 23.3 Å². The van der Waals surface area contributed by atoms with Crippen LogP contribution in [0.3, 0.4) is 0 Å². The van der Waals surface area contributed by atoms with Crippen molar-refractivity contribution in [3.8, 4) is 0 Å². The topological polar surface area (TPSA) is 66.2 Å². The molecular weight excluding hydrogens is 392 g/mol. The van der Waals surface area contributed by atoms with Gasteiger partial charge in [-0.3, -0.25) is 9.69 Å². The molecule has 1 aromatic heterocycles. The summed E-state index contributed by atoms with van der Waals surface area (Å²) in [6, 6.07) is 23.5. The van der Waals surface area contributed by atoms with Crippen molar-refractivity contribution in [3.63, 3.8) is 0 Å². The van der Waals surface area contributed by atoms with Crippen molar-refractivity contribution in [2.75, 3.05) is 39.3 Å². The number of aliphatic hydroxyl groups excluding tert-OH is 1. The molecule has 6 nitrogen and oxygen atoms in total. The molecule has 4 rings (SSSR count). The van der Waals surface area contributed by atoms with Crippen LogP contribution >= 0.6 is 0 Å². The van der Waals surface area contributed by atoms with Crippen LogP contribution in [0.4, 0.5) is 0 Å². The van der Waals surface area contributed by atoms with E-state index in [0.717, 1.165) is 11.1 Å². The normalized spacial score (nSPS) is 15.9. The zero-order valence-corrected chi connectivity index (χ0v) is 17.5. The smallest absolute Gasteiger partial charge is 0.289 e. The van der Waals surface area contributed by atoms with Gasteiger partial charge >= 0.3 is 0 Å². The zero-order valence-electron chi connectivity index (χ0n) is 17.5. The summed E-state index contributed by atoms with van der Waals surface area (Å²) in [6.45, 7) is 3.40. The number of benzene rings is 2. The summed E-state index contributed by atoms with van der Waals surface area (Å²) >= 11 is 0. The summed E-state index contributed by atoms with van der Waals surface area (Å²) in [7, 11) is 0. The average molecular weight is 421 g/mol. The maximum absolute atomic E-state index is 12.4. The first kappa shape index (κ1) is 21.3. The van der Waals surface area contributed by atoms with Gasteiger partial charge in [0.1, 0.15) is 6.10 Å². The molecule has 1 fully saturated rings. The fourth-order valence-corrected chi connectivity index (χ4v) is 3.89. The van der Waals surface area contributed by atoms with E-state index in [2.05, 4.69) is 4.90 Å². The number of aliphatic hydroxyl groups is 1. The molecule has 1 aliphatic heterocycles. The standard InChI is InChI=1S/C25H28N2O4/c28-22(18-26-13-15-27(16-14-26)25(29)23-12-7-17-30-23)19-31-24(20-8-3-1-4-9-20)21-10-5-2-6-11-21/h1-12,17,22,24,28H,13-16,18-19H2/t22-/m0/s1. The fourth-order valence-electron chi connectivity index (χ4n) is 3.89. The minimum absolute atomic E-state index is 0.0814. The molecule has 1 atom stereocenters. The second-order valence-electron chi connectivity index (χ2n) is 7.76. The Morgan fingerprint density at radius 1 is 0.903 bits per heavy atom. The Labute approximate surface area is 182 Å². The van der Waals surface area contributed by atoms with Crippen LogP contribution in [0.1, 0.15) is 27.8 Å². The summed E-state index contributed by atoms with van der Waals surface area (Å²) in [5.41, 5.74) is 2.12. The van der Waals surface area contributed by atoms with Gasteiger partial charge in [0.05, 0.1) is 19.0 Å². The quantitative estimate of drug-likeness (QED) is 0.606. The van der Waals surface area contributed by atoms with Crippen molar-refractivity contribution in [2.45, 2.75) is 12.2 Å². The van der Waals surface area contributed by atoms with E-state index in [4.69, 9.17) is 9.15 Å². The molecule has 1 N–H and O–H groups in total. The molecule has 1 aliphatic rings. The molecular formula is C25H28N2O4. The van der Waals surface area contributed by atoms with Crippen LogP contribution in [0.15, 0.2) is 83.5 Å². The highest BCUT2D eigenvalue weighted by molar-refractivity contribution is 5.91. The summed E-state index contributed by atoms with van der Waals surface area (Å²) < 4.78 is 11.4. The Hall–Kier alpha value is -2.93. The molecule has 0 saturated carbocycles. The number of furan rings is 1. The predicted molar refractivity (Wildman–Crippen MR) is 118 cm³/mol. The van der Waals surface area contributed by atoms with Crippen LogP contribution in [0.5, 0.6) is 0 Å². The van der Waals surface area contributed by atoms with E-state index in [1.807, 2.05) is 60.7 Å². The molecule has 0 radical (unpaired) electrons. The number of hydrogen-bond donors (Lipinski definition) is 1. The molecule has 1 saturated heterocycles. The van der Waals surface area contributed by atoms with Crippen LogP contribution in [0.2, 0.25) is 0 Å². The predicted octanol–water partition coefficient (Wildman–Crippen LogP) is 3.20. The van der Waals surface area contributed by atoms with Crippen molar-refractivity contribution >= 4 is 5.91 Å². The molecule has 1 amide bonds. The van der Waals surface area contributed by atoms with Gasteiger partial charge in [0.15, 0.2) is 5.76 Å². The fraction of sp³-hybridized carbons (Fsp3) is 0.320. The van der Waals surface area contributed by atoms with Crippen molar-refractivity contribution < 1.29 is 19.1 Å². The number of carbonyl (C=O) groups is 1. The third-order valence-corrected chi connectivity index (χ3v) is 5.52. The van der Waals surface area contributed by atoms with E-state index in [1.54, 1.807) is 17.0 Å². The monoisotopic (exact) mass is 420 g/mol. The number of nitrogens with zero attached hydrogens (tertiary/aromatic N) is 2. The third-order valence-electron chi connectivity index (χ3n) is 5.52. The van der Waals surface area contributed by atoms with Crippen molar-refractivity contribution in [2.24, 2.45) is 0 Å². The largest absolute Gasteiger partial charge is 0.459 e. The van der Waals surface area contributed by atoms with E-state index in [1.165, 1.54) is 6.26 Å². The van der Waals surface area contributed by atoms with Crippen LogP contribution < -0.4 is 0 Å². The van der Waals surface area contributed by atoms with Gasteiger partial charge in [0, 0.05) is 32.7 Å². The van der Waals surface area contributed by atoms with Gasteiger partial charge in [-0.15, -0.1) is 0 Å². The Bertz CT molecular complexity index is 883. The molecule has 0 aliphatic carbocycles. The van der Waals surface area contributed by atoms with Gasteiger partial charge < -0.3 is 19.2 Å². The number of rotatable bonds is 8. The zero-order chi connectivity index (χ0) is 21.5. The van der Waals surface area contributed by atoms with Gasteiger partial charge in [-0.1, -0.05) is 60.7 Å². The second-order valence-corrected chi connectivity index (χ2v) is 7.76. The van der Waals surface area contributed by atoms with Crippen LogP contribution in [0, 0.1) is 0 Å². The molecule has 2 heterocycles. The van der Waals surface area contributed by atoms with E-state index in [0.29, 0.717) is 38.5 Å². The van der Waals surface area contributed by atoms with Gasteiger partial charge in [-0.25, -0.2) is 0 Å². The molecule has 0 spiro atoms. The summed E-state index contributed by atoms with van der Waals surface area (Å²) in [4.78, 5) is 16.3. The minimum atomic E-state index is -0.609.